The Bertz CT molecular complexity index is 712. The summed E-state index contributed by atoms with van der Waals surface area (Å²) in [4.78, 5) is 11.8. The van der Waals surface area contributed by atoms with Crippen LogP contribution < -0.4 is 5.32 Å². The molecule has 2 aromatic heterocycles. The van der Waals surface area contributed by atoms with Crippen LogP contribution in [0.3, 0.4) is 0 Å². The molecule has 1 aliphatic carbocycles. The molecule has 152 valence electrons. The zero-order valence-electron chi connectivity index (χ0n) is 17.3. The summed E-state index contributed by atoms with van der Waals surface area (Å²) in [5.74, 6) is 1.71. The van der Waals surface area contributed by atoms with E-state index < -0.39 is 0 Å². The van der Waals surface area contributed by atoms with Crippen LogP contribution in [-0.4, -0.2) is 34.5 Å². The molecule has 2 aromatic rings. The third-order valence-corrected chi connectivity index (χ3v) is 6.42. The monoisotopic (exact) mass is 390 g/mol. The maximum absolute atomic E-state index is 4.94. The van der Waals surface area contributed by atoms with E-state index >= 15 is 0 Å². The van der Waals surface area contributed by atoms with Gasteiger partial charge in [0.05, 0.1) is 0 Å². The van der Waals surface area contributed by atoms with E-state index in [-0.39, 0.29) is 2.85 Å². The van der Waals surface area contributed by atoms with E-state index in [1.54, 1.807) is 11.3 Å². The Hall–Kier alpha value is -1.46. The minimum absolute atomic E-state index is 0. The van der Waals surface area contributed by atoms with Gasteiger partial charge in [-0.3, -0.25) is 0 Å². The predicted octanol–water partition coefficient (Wildman–Crippen LogP) is 6.34. The highest BCUT2D eigenvalue weighted by Crippen LogP contribution is 2.42. The minimum Gasteiger partial charge on any atom is -0.316 e. The van der Waals surface area contributed by atoms with Crippen LogP contribution >= 0.6 is 11.3 Å². The van der Waals surface area contributed by atoms with Crippen molar-refractivity contribution in [2.75, 3.05) is 25.0 Å². The molecule has 0 unspecified atom stereocenters. The number of anilines is 2. The number of likely N-dealkylation sites (tertiary alicyclic amines) is 1. The fraction of sp³-hybridized carbons (Fsp3) is 0.636. The molecule has 27 heavy (non-hydrogen) atoms. The highest BCUT2D eigenvalue weighted by atomic mass is 32.1. The van der Waals surface area contributed by atoms with E-state index in [0.717, 1.165) is 23.3 Å². The van der Waals surface area contributed by atoms with Crippen molar-refractivity contribution in [2.45, 2.75) is 65.7 Å². The molecule has 5 heteroatoms. The van der Waals surface area contributed by atoms with Gasteiger partial charge in [-0.2, -0.15) is 0 Å². The van der Waals surface area contributed by atoms with E-state index in [1.165, 1.54) is 56.6 Å². The Kier molecular flexibility index (Phi) is 6.88. The highest BCUT2D eigenvalue weighted by molar-refractivity contribution is 7.13. The SMILES string of the molecule is CC.CCN1CCC(C)(Cc2cc(C3CC3)cc(Nc3nccs3)n2)CC1.[HH].[HH]. The maximum atomic E-state index is 4.94. The van der Waals surface area contributed by atoms with Crippen LogP contribution in [0.4, 0.5) is 10.9 Å². The van der Waals surface area contributed by atoms with Gasteiger partial charge in [-0.05, 0) is 80.8 Å². The highest BCUT2D eigenvalue weighted by Gasteiger charge is 2.31. The van der Waals surface area contributed by atoms with Gasteiger partial charge in [-0.25, -0.2) is 9.97 Å². The van der Waals surface area contributed by atoms with Crippen molar-refractivity contribution in [3.05, 3.63) is 35.0 Å². The van der Waals surface area contributed by atoms with Crippen molar-refractivity contribution in [1.82, 2.24) is 14.9 Å². The lowest BCUT2D eigenvalue weighted by Gasteiger charge is -2.39. The summed E-state index contributed by atoms with van der Waals surface area (Å²) in [7, 11) is 0. The zero-order valence-corrected chi connectivity index (χ0v) is 18.1. The third kappa shape index (κ3) is 5.52. The maximum Gasteiger partial charge on any atom is 0.188 e. The first-order valence-electron chi connectivity index (χ1n) is 10.5. The van der Waals surface area contributed by atoms with Crippen LogP contribution in [-0.2, 0) is 6.42 Å². The molecule has 4 nitrogen and oxygen atoms in total. The topological polar surface area (TPSA) is 41.0 Å². The van der Waals surface area contributed by atoms with Gasteiger partial charge in [0, 0.05) is 20.1 Å². The van der Waals surface area contributed by atoms with Crippen LogP contribution in [0.5, 0.6) is 0 Å². The first-order chi connectivity index (χ1) is 13.1. The van der Waals surface area contributed by atoms with Gasteiger partial charge in [-0.1, -0.05) is 27.7 Å². The Morgan fingerprint density at radius 2 is 2.00 bits per heavy atom. The van der Waals surface area contributed by atoms with Gasteiger partial charge in [0.15, 0.2) is 5.13 Å². The molecule has 1 saturated carbocycles. The first kappa shape index (κ1) is 20.3. The van der Waals surface area contributed by atoms with Gasteiger partial charge in [0.1, 0.15) is 5.82 Å². The standard InChI is InChI=1S/C20H28N4S.C2H6.2H2/c1-3-24-9-6-20(2,7-10-24)14-17-12-16(15-4-5-15)13-18(22-17)23-19-21-8-11-25-19;1-2;;/h8,11-13,15H,3-7,9-10,14H2,1-2H3,(H,21,22,23);1-2H3;2*1H. The summed E-state index contributed by atoms with van der Waals surface area (Å²) in [6.45, 7) is 12.3. The predicted molar refractivity (Wildman–Crippen MR) is 120 cm³/mol. The van der Waals surface area contributed by atoms with Gasteiger partial charge < -0.3 is 10.2 Å². The lowest BCUT2D eigenvalue weighted by atomic mass is 9.76. The van der Waals surface area contributed by atoms with Crippen molar-refractivity contribution < 1.29 is 2.85 Å². The Morgan fingerprint density at radius 1 is 1.26 bits per heavy atom. The minimum atomic E-state index is 0. The summed E-state index contributed by atoms with van der Waals surface area (Å²) in [6, 6.07) is 4.59. The van der Waals surface area contributed by atoms with Gasteiger partial charge in [0.25, 0.3) is 0 Å². The summed E-state index contributed by atoms with van der Waals surface area (Å²) < 4.78 is 0. The summed E-state index contributed by atoms with van der Waals surface area (Å²) in [5, 5.41) is 6.32. The van der Waals surface area contributed by atoms with Crippen LogP contribution in [0.2, 0.25) is 0 Å². The smallest absolute Gasteiger partial charge is 0.188 e. The Balaban J connectivity index is 0.00000102. The van der Waals surface area contributed by atoms with Crippen LogP contribution in [0.25, 0.3) is 0 Å². The number of nitrogens with zero attached hydrogens (tertiary/aromatic N) is 3. The van der Waals surface area contributed by atoms with E-state index in [1.807, 2.05) is 25.4 Å². The zero-order chi connectivity index (χ0) is 19.3. The Labute approximate surface area is 171 Å². The molecule has 0 atom stereocenters. The number of rotatable bonds is 6. The number of pyridine rings is 1. The molecule has 0 spiro atoms. The molecular formula is C22H38N4S. The largest absolute Gasteiger partial charge is 0.316 e. The van der Waals surface area contributed by atoms with E-state index in [0.29, 0.717) is 5.41 Å². The van der Waals surface area contributed by atoms with Crippen molar-refractivity contribution in [2.24, 2.45) is 5.41 Å². The molecule has 1 saturated heterocycles. The molecule has 0 aromatic carbocycles. The summed E-state index contributed by atoms with van der Waals surface area (Å²) in [6.07, 6.45) is 8.10. The lowest BCUT2D eigenvalue weighted by molar-refractivity contribution is 0.122. The molecule has 4 rings (SSSR count). The number of piperidine rings is 1. The molecule has 0 bridgehead atoms. The summed E-state index contributed by atoms with van der Waals surface area (Å²) >= 11 is 1.62. The van der Waals surface area contributed by atoms with Crippen LogP contribution in [0.1, 0.15) is 73.4 Å². The fourth-order valence-electron chi connectivity index (χ4n) is 3.84. The Morgan fingerprint density at radius 3 is 2.59 bits per heavy atom. The van der Waals surface area contributed by atoms with E-state index in [2.05, 4.69) is 41.2 Å². The number of hydrogen-bond acceptors (Lipinski definition) is 5. The molecule has 2 fully saturated rings. The normalized spacial score (nSPS) is 19.3. The van der Waals surface area contributed by atoms with Gasteiger partial charge >= 0.3 is 0 Å². The van der Waals surface area contributed by atoms with Crippen molar-refractivity contribution in [3.8, 4) is 0 Å². The van der Waals surface area contributed by atoms with E-state index in [4.69, 9.17) is 4.98 Å². The van der Waals surface area contributed by atoms with Gasteiger partial charge in [-0.15, -0.1) is 11.3 Å². The molecular weight excluding hydrogens is 352 g/mol. The molecule has 1 aliphatic heterocycles. The average molecular weight is 391 g/mol. The van der Waals surface area contributed by atoms with Crippen molar-refractivity contribution in [3.63, 3.8) is 0 Å². The number of thiazole rings is 1. The quantitative estimate of drug-likeness (QED) is 0.624. The van der Waals surface area contributed by atoms with E-state index in [9.17, 15) is 0 Å². The molecule has 1 N–H and O–H groups in total. The molecule has 0 radical (unpaired) electrons. The number of aromatic nitrogens is 2. The first-order valence-corrected chi connectivity index (χ1v) is 11.4. The average Bonchev–Trinajstić information content (AvgIpc) is 3.41. The second-order valence-corrected chi connectivity index (χ2v) is 8.83. The van der Waals surface area contributed by atoms with Crippen LogP contribution in [0, 0.1) is 5.41 Å². The third-order valence-electron chi connectivity index (χ3n) is 5.74. The number of hydrogen-bond donors (Lipinski definition) is 1. The number of nitrogens with one attached hydrogen (secondary N) is 1. The fourth-order valence-corrected chi connectivity index (χ4v) is 4.37. The van der Waals surface area contributed by atoms with Crippen LogP contribution in [0.15, 0.2) is 23.7 Å². The second kappa shape index (κ2) is 9.16. The van der Waals surface area contributed by atoms with Gasteiger partial charge in [0.2, 0.25) is 0 Å². The second-order valence-electron chi connectivity index (χ2n) is 7.94. The van der Waals surface area contributed by atoms with Crippen molar-refractivity contribution in [1.29, 1.82) is 0 Å². The van der Waals surface area contributed by atoms with Crippen molar-refractivity contribution >= 4 is 22.3 Å². The lowest BCUT2D eigenvalue weighted by Crippen LogP contribution is -2.39. The molecule has 2 aliphatic rings. The molecule has 0 amide bonds. The molecule has 3 heterocycles. The summed E-state index contributed by atoms with van der Waals surface area (Å²) in [5.41, 5.74) is 3.08.